The first-order valence-corrected chi connectivity index (χ1v) is 11.3. The summed E-state index contributed by atoms with van der Waals surface area (Å²) in [5, 5.41) is 9.22. The van der Waals surface area contributed by atoms with Crippen molar-refractivity contribution in [2.75, 3.05) is 19.8 Å². The molecule has 0 aromatic carbocycles. The topological polar surface area (TPSA) is 246 Å². The maximum atomic E-state index is 12.8. The summed E-state index contributed by atoms with van der Waals surface area (Å²) in [4.78, 5) is 91.3. The van der Waals surface area contributed by atoms with Crippen molar-refractivity contribution in [3.8, 4) is 0 Å². The zero-order valence-corrected chi connectivity index (χ0v) is 21.1. The van der Waals surface area contributed by atoms with Crippen LogP contribution in [0.3, 0.4) is 0 Å². The van der Waals surface area contributed by atoms with E-state index in [1.807, 2.05) is 0 Å². The summed E-state index contributed by atoms with van der Waals surface area (Å²) in [5.74, 6) is -5.63. The van der Waals surface area contributed by atoms with Gasteiger partial charge in [0.1, 0.15) is 13.2 Å². The van der Waals surface area contributed by atoms with E-state index in [-0.39, 0.29) is 0 Å². The Morgan fingerprint density at radius 3 is 1.29 bits per heavy atom. The van der Waals surface area contributed by atoms with E-state index in [1.165, 1.54) is 27.7 Å². The van der Waals surface area contributed by atoms with Crippen LogP contribution in [0, 0.1) is 11.8 Å². The molecular formula is C21H27N7O10. The minimum Gasteiger partial charge on any atom is -0.455 e. The second-order valence-corrected chi connectivity index (χ2v) is 8.23. The highest BCUT2D eigenvalue weighted by Gasteiger charge is 2.34. The Morgan fingerprint density at radius 1 is 0.711 bits per heavy atom. The fraction of sp³-hybridized carbons (Fsp3) is 0.571. The average molecular weight is 537 g/mol. The lowest BCUT2D eigenvalue weighted by atomic mass is 10.1. The van der Waals surface area contributed by atoms with Gasteiger partial charge in [-0.15, -0.1) is 0 Å². The van der Waals surface area contributed by atoms with Gasteiger partial charge in [-0.25, -0.2) is 37.7 Å². The van der Waals surface area contributed by atoms with Gasteiger partial charge in [-0.2, -0.15) is 9.58 Å². The van der Waals surface area contributed by atoms with E-state index in [2.05, 4.69) is 9.58 Å². The quantitative estimate of drug-likeness (QED) is 0.0830. The number of carbonyl (C=O) groups excluding carboxylic acids is 4. The molecule has 0 aliphatic rings. The number of ether oxygens (including phenoxy) is 2. The molecule has 1 aromatic heterocycles. The summed E-state index contributed by atoms with van der Waals surface area (Å²) in [5.41, 5.74) is 12.6. The first kappa shape index (κ1) is 31.4. The van der Waals surface area contributed by atoms with E-state index in [0.29, 0.717) is 13.7 Å². The molecule has 0 saturated carbocycles. The second-order valence-electron chi connectivity index (χ2n) is 8.23. The summed E-state index contributed by atoms with van der Waals surface area (Å²) in [6.07, 6.45) is 0. The molecular weight excluding hydrogens is 510 g/mol. The van der Waals surface area contributed by atoms with Crippen LogP contribution in [0.25, 0.3) is 11.1 Å². The van der Waals surface area contributed by atoms with Crippen molar-refractivity contribution >= 4 is 34.9 Å². The molecule has 0 radical (unpaired) electrons. The molecule has 0 fully saturated rings. The zero-order chi connectivity index (χ0) is 29.2. The van der Waals surface area contributed by atoms with Gasteiger partial charge in [0.15, 0.2) is 0 Å². The van der Waals surface area contributed by atoms with Crippen LogP contribution >= 0.6 is 0 Å². The smallest absolute Gasteiger partial charge is 0.441 e. The number of esters is 2. The highest BCUT2D eigenvalue weighted by molar-refractivity contribution is 6.63. The minimum atomic E-state index is -1.31. The van der Waals surface area contributed by atoms with E-state index in [0.717, 1.165) is 0 Å². The van der Waals surface area contributed by atoms with Gasteiger partial charge in [0.05, 0.1) is 26.2 Å². The Morgan fingerprint density at radius 2 is 1.03 bits per heavy atom. The molecule has 1 N–H and O–H groups in total. The molecule has 17 heteroatoms. The van der Waals surface area contributed by atoms with Crippen LogP contribution in [-0.2, 0) is 48.3 Å². The maximum absolute atomic E-state index is 12.8. The molecule has 0 spiro atoms. The molecule has 17 nitrogen and oxygen atoms in total. The standard InChI is InChI=1S/C21H27N7O10/c1-11(2)15(30)13(24-22)17(32)37-9-6-27-19(34)26(5-8-29)20(35)28(21(27)36)7-10-38-18(33)14(25-23)16(31)12(3)4/h11-12,29H,5-10H2,1-4H3. The van der Waals surface area contributed by atoms with E-state index < -0.39 is 103 Å². The molecule has 0 amide bonds. The predicted octanol–water partition coefficient (Wildman–Crippen LogP) is -2.96. The van der Waals surface area contributed by atoms with Crippen LogP contribution in [-0.4, -0.2) is 83.1 Å². The Bertz CT molecular complexity index is 1290. The Labute approximate surface area is 214 Å². The van der Waals surface area contributed by atoms with E-state index in [4.69, 9.17) is 20.5 Å². The summed E-state index contributed by atoms with van der Waals surface area (Å²) >= 11 is 0. The van der Waals surface area contributed by atoms with Crippen molar-refractivity contribution in [3.05, 3.63) is 42.5 Å². The van der Waals surface area contributed by atoms with E-state index >= 15 is 0 Å². The molecule has 1 heterocycles. The molecule has 206 valence electrons. The molecule has 0 aliphatic carbocycles. The van der Waals surface area contributed by atoms with Crippen molar-refractivity contribution in [3.63, 3.8) is 0 Å². The number of aliphatic hydroxyl groups excluding tert-OH is 1. The molecule has 0 aliphatic heterocycles. The van der Waals surface area contributed by atoms with Crippen molar-refractivity contribution < 1.29 is 43.3 Å². The first-order chi connectivity index (χ1) is 17.8. The molecule has 0 bridgehead atoms. The van der Waals surface area contributed by atoms with Gasteiger partial charge >= 0.3 is 40.4 Å². The number of hydrogen-bond donors (Lipinski definition) is 1. The predicted molar refractivity (Wildman–Crippen MR) is 125 cm³/mol. The van der Waals surface area contributed by atoms with Gasteiger partial charge in [-0.1, -0.05) is 27.7 Å². The normalized spacial score (nSPS) is 10.5. The maximum Gasteiger partial charge on any atom is 0.441 e. The van der Waals surface area contributed by atoms with E-state index in [1.54, 1.807) is 0 Å². The first-order valence-electron chi connectivity index (χ1n) is 11.3. The van der Waals surface area contributed by atoms with Crippen LogP contribution in [0.15, 0.2) is 14.4 Å². The number of aromatic nitrogens is 3. The van der Waals surface area contributed by atoms with Crippen LogP contribution in [0.1, 0.15) is 27.7 Å². The monoisotopic (exact) mass is 537 g/mol. The largest absolute Gasteiger partial charge is 0.455 e. The van der Waals surface area contributed by atoms with Crippen molar-refractivity contribution in [1.82, 2.24) is 13.7 Å². The molecule has 0 saturated heterocycles. The minimum absolute atomic E-state index is 0.495. The van der Waals surface area contributed by atoms with Crippen molar-refractivity contribution in [2.45, 2.75) is 47.3 Å². The molecule has 38 heavy (non-hydrogen) atoms. The lowest BCUT2D eigenvalue weighted by Crippen LogP contribution is -2.55. The molecule has 1 aromatic rings. The van der Waals surface area contributed by atoms with Crippen molar-refractivity contribution in [2.24, 2.45) is 11.8 Å². The summed E-state index contributed by atoms with van der Waals surface area (Å²) in [6.45, 7) is 2.12. The van der Waals surface area contributed by atoms with Crippen LogP contribution in [0.4, 0.5) is 0 Å². The lowest BCUT2D eigenvalue weighted by molar-refractivity contribution is -0.143. The number of Topliss-reactive ketones (excluding diaryl/α,β-unsaturated/α-hetero) is 2. The second kappa shape index (κ2) is 14.2. The summed E-state index contributed by atoms with van der Waals surface area (Å²) < 4.78 is 11.1. The van der Waals surface area contributed by atoms with Gasteiger partial charge in [0.2, 0.25) is 0 Å². The SMILES string of the molecule is CC(C)C(=O)C(=[N+]=[N-])C(=O)OCCn1c(=O)n(CCO)c(=O)n(CCOC(=O)C(=[N+]=[N-])C(=O)C(C)C)c1=O. The third-order valence-electron chi connectivity index (χ3n) is 4.91. The highest BCUT2D eigenvalue weighted by atomic mass is 16.5. The average Bonchev–Trinajstić information content (AvgIpc) is 2.86. The number of rotatable bonds is 14. The van der Waals surface area contributed by atoms with Crippen LogP contribution in [0.2, 0.25) is 0 Å². The number of ketones is 2. The Hall–Kier alpha value is -4.59. The highest BCUT2D eigenvalue weighted by Crippen LogP contribution is 1.98. The molecule has 0 unspecified atom stereocenters. The Balaban J connectivity index is 3.19. The third kappa shape index (κ3) is 7.46. The van der Waals surface area contributed by atoms with Gasteiger partial charge < -0.3 is 25.6 Å². The molecule has 0 atom stereocenters. The Kier molecular flexibility index (Phi) is 11.8. The lowest BCUT2D eigenvalue weighted by Gasteiger charge is -2.13. The van der Waals surface area contributed by atoms with Crippen molar-refractivity contribution in [1.29, 1.82) is 0 Å². The fourth-order valence-corrected chi connectivity index (χ4v) is 2.88. The van der Waals surface area contributed by atoms with Gasteiger partial charge in [0.25, 0.3) is 11.6 Å². The van der Waals surface area contributed by atoms with Gasteiger partial charge in [-0.05, 0) is 0 Å². The number of aliphatic hydroxyl groups is 1. The zero-order valence-electron chi connectivity index (χ0n) is 21.1. The van der Waals surface area contributed by atoms with Crippen LogP contribution in [0.5, 0.6) is 0 Å². The number of carbonyl (C=O) groups is 4. The number of nitrogens with zero attached hydrogens (tertiary/aromatic N) is 7. The molecule has 1 rings (SSSR count). The number of hydrogen-bond acceptors (Lipinski definition) is 10. The summed E-state index contributed by atoms with van der Waals surface area (Å²) in [6, 6.07) is 0. The summed E-state index contributed by atoms with van der Waals surface area (Å²) in [7, 11) is 0. The third-order valence-corrected chi connectivity index (χ3v) is 4.91. The van der Waals surface area contributed by atoms with Gasteiger partial charge in [-0.3, -0.25) is 9.59 Å². The van der Waals surface area contributed by atoms with Gasteiger partial charge in [0, 0.05) is 11.8 Å². The van der Waals surface area contributed by atoms with Crippen LogP contribution < -0.4 is 17.1 Å². The van der Waals surface area contributed by atoms with E-state index in [9.17, 15) is 38.7 Å². The fourth-order valence-electron chi connectivity index (χ4n) is 2.88.